The Kier molecular flexibility index (Phi) is 4.85. The zero-order valence-corrected chi connectivity index (χ0v) is 13.7. The summed E-state index contributed by atoms with van der Waals surface area (Å²) in [5, 5.41) is 12.3. The minimum Gasteiger partial charge on any atom is -0.483 e. The fourth-order valence-electron chi connectivity index (χ4n) is 3.12. The molecule has 1 aliphatic rings. The number of amides is 1. The van der Waals surface area contributed by atoms with E-state index in [2.05, 4.69) is 5.32 Å². The van der Waals surface area contributed by atoms with Crippen LogP contribution in [0.1, 0.15) is 29.5 Å². The Morgan fingerprint density at radius 1 is 1.33 bits per heavy atom. The van der Waals surface area contributed by atoms with Crippen molar-refractivity contribution >= 4 is 16.9 Å². The lowest BCUT2D eigenvalue weighted by Crippen LogP contribution is -2.30. The number of ether oxygens (including phenoxy) is 1. The summed E-state index contributed by atoms with van der Waals surface area (Å²) < 4.78 is 11.1. The molecule has 1 heterocycles. The van der Waals surface area contributed by atoms with Crippen molar-refractivity contribution in [2.45, 2.75) is 32.6 Å². The second-order valence-electron chi connectivity index (χ2n) is 5.98. The van der Waals surface area contributed by atoms with E-state index >= 15 is 0 Å². The smallest absolute Gasteiger partial charge is 0.339 e. The number of aliphatic hydroxyl groups excluding tert-OH is 1. The van der Waals surface area contributed by atoms with E-state index in [0.717, 1.165) is 41.3 Å². The highest BCUT2D eigenvalue weighted by Gasteiger charge is 2.21. The van der Waals surface area contributed by atoms with Crippen LogP contribution >= 0.6 is 0 Å². The molecular formula is C18H21NO5. The SMILES string of the molecule is Cc1c(OCC(=O)NCCCO)ccc2c3c(c(=O)oc12)CCC3. The summed E-state index contributed by atoms with van der Waals surface area (Å²) in [6.07, 6.45) is 3.16. The molecule has 0 bridgehead atoms. The fraction of sp³-hybridized carbons (Fsp3) is 0.444. The number of fused-ring (bicyclic) bond motifs is 3. The number of benzene rings is 1. The average Bonchev–Trinajstić information content (AvgIpc) is 3.06. The van der Waals surface area contributed by atoms with Gasteiger partial charge in [0, 0.05) is 29.7 Å². The zero-order chi connectivity index (χ0) is 17.1. The van der Waals surface area contributed by atoms with Crippen LogP contribution in [0.5, 0.6) is 5.75 Å². The molecule has 3 rings (SSSR count). The summed E-state index contributed by atoms with van der Waals surface area (Å²) in [5.74, 6) is 0.277. The Hall–Kier alpha value is -2.34. The first-order chi connectivity index (χ1) is 11.6. The highest BCUT2D eigenvalue weighted by atomic mass is 16.5. The van der Waals surface area contributed by atoms with Gasteiger partial charge in [0.25, 0.3) is 5.91 Å². The molecular weight excluding hydrogens is 310 g/mol. The van der Waals surface area contributed by atoms with Gasteiger partial charge in [-0.05, 0) is 50.3 Å². The molecule has 128 valence electrons. The molecule has 6 nitrogen and oxygen atoms in total. The average molecular weight is 331 g/mol. The van der Waals surface area contributed by atoms with Gasteiger partial charge in [-0.2, -0.15) is 0 Å². The first-order valence-electron chi connectivity index (χ1n) is 8.20. The molecule has 0 aliphatic heterocycles. The van der Waals surface area contributed by atoms with Crippen molar-refractivity contribution < 1.29 is 19.1 Å². The lowest BCUT2D eigenvalue weighted by molar-refractivity contribution is -0.123. The van der Waals surface area contributed by atoms with E-state index in [1.807, 2.05) is 19.1 Å². The van der Waals surface area contributed by atoms with Crippen LogP contribution in [-0.2, 0) is 17.6 Å². The largest absolute Gasteiger partial charge is 0.483 e. The summed E-state index contributed by atoms with van der Waals surface area (Å²) in [4.78, 5) is 23.8. The quantitative estimate of drug-likeness (QED) is 0.618. The van der Waals surface area contributed by atoms with Gasteiger partial charge in [0.1, 0.15) is 11.3 Å². The van der Waals surface area contributed by atoms with Crippen LogP contribution in [0.3, 0.4) is 0 Å². The van der Waals surface area contributed by atoms with Gasteiger partial charge in [-0.25, -0.2) is 4.79 Å². The van der Waals surface area contributed by atoms with Crippen molar-refractivity contribution in [1.29, 1.82) is 0 Å². The third-order valence-corrected chi connectivity index (χ3v) is 4.36. The third kappa shape index (κ3) is 3.14. The molecule has 0 atom stereocenters. The fourth-order valence-corrected chi connectivity index (χ4v) is 3.12. The summed E-state index contributed by atoms with van der Waals surface area (Å²) in [6, 6.07) is 3.71. The predicted molar refractivity (Wildman–Crippen MR) is 89.5 cm³/mol. The highest BCUT2D eigenvalue weighted by molar-refractivity contribution is 5.86. The zero-order valence-electron chi connectivity index (χ0n) is 13.7. The van der Waals surface area contributed by atoms with Gasteiger partial charge in [-0.1, -0.05) is 0 Å². The number of nitrogens with one attached hydrogen (secondary N) is 1. The molecule has 24 heavy (non-hydrogen) atoms. The van der Waals surface area contributed by atoms with Crippen molar-refractivity contribution in [2.24, 2.45) is 0 Å². The molecule has 0 saturated carbocycles. The molecule has 0 fully saturated rings. The van der Waals surface area contributed by atoms with E-state index in [9.17, 15) is 9.59 Å². The molecule has 6 heteroatoms. The first-order valence-corrected chi connectivity index (χ1v) is 8.20. The van der Waals surface area contributed by atoms with Crippen LogP contribution in [0.4, 0.5) is 0 Å². The standard InChI is InChI=1S/C18H21NO5/c1-11-15(23-10-16(21)19-8-3-9-20)7-6-13-12-4-2-5-14(12)18(22)24-17(11)13/h6-7,20H,2-5,8-10H2,1H3,(H,19,21). The Balaban J connectivity index is 1.81. The highest BCUT2D eigenvalue weighted by Crippen LogP contribution is 2.32. The summed E-state index contributed by atoms with van der Waals surface area (Å²) in [5.41, 5.74) is 2.87. The number of hydrogen-bond donors (Lipinski definition) is 2. The van der Waals surface area contributed by atoms with Crippen LogP contribution in [0.25, 0.3) is 11.0 Å². The molecule has 2 N–H and O–H groups in total. The molecule has 1 aromatic carbocycles. The summed E-state index contributed by atoms with van der Waals surface area (Å²) >= 11 is 0. The Bertz CT molecular complexity index is 824. The second kappa shape index (κ2) is 7.05. The Labute approximate surface area is 139 Å². The van der Waals surface area contributed by atoms with Crippen molar-refractivity contribution in [1.82, 2.24) is 5.32 Å². The van der Waals surface area contributed by atoms with Gasteiger partial charge in [-0.15, -0.1) is 0 Å². The van der Waals surface area contributed by atoms with Gasteiger partial charge in [0.2, 0.25) is 0 Å². The summed E-state index contributed by atoms with van der Waals surface area (Å²) in [6.45, 7) is 2.16. The van der Waals surface area contributed by atoms with E-state index in [1.54, 1.807) is 0 Å². The van der Waals surface area contributed by atoms with E-state index < -0.39 is 0 Å². The van der Waals surface area contributed by atoms with Crippen molar-refractivity contribution in [3.8, 4) is 5.75 Å². The second-order valence-corrected chi connectivity index (χ2v) is 5.98. The van der Waals surface area contributed by atoms with Crippen molar-refractivity contribution in [2.75, 3.05) is 19.8 Å². The topological polar surface area (TPSA) is 88.8 Å². The van der Waals surface area contributed by atoms with Crippen LogP contribution in [0.15, 0.2) is 21.3 Å². The third-order valence-electron chi connectivity index (χ3n) is 4.36. The maximum Gasteiger partial charge on any atom is 0.339 e. The number of hydrogen-bond acceptors (Lipinski definition) is 5. The van der Waals surface area contributed by atoms with Crippen molar-refractivity contribution in [3.63, 3.8) is 0 Å². The molecule has 2 aromatic rings. The summed E-state index contributed by atoms with van der Waals surface area (Å²) in [7, 11) is 0. The van der Waals surface area contributed by atoms with Crippen LogP contribution in [0, 0.1) is 6.92 Å². The maximum atomic E-state index is 12.1. The predicted octanol–water partition coefficient (Wildman–Crippen LogP) is 1.47. The van der Waals surface area contributed by atoms with E-state index in [1.165, 1.54) is 0 Å². The van der Waals surface area contributed by atoms with Crippen LogP contribution in [-0.4, -0.2) is 30.8 Å². The molecule has 0 unspecified atom stereocenters. The number of rotatable bonds is 6. The Morgan fingerprint density at radius 3 is 2.92 bits per heavy atom. The lowest BCUT2D eigenvalue weighted by Gasteiger charge is -2.12. The van der Waals surface area contributed by atoms with E-state index in [4.69, 9.17) is 14.3 Å². The van der Waals surface area contributed by atoms with Crippen LogP contribution in [0.2, 0.25) is 0 Å². The van der Waals surface area contributed by atoms with E-state index in [-0.39, 0.29) is 24.7 Å². The maximum absolute atomic E-state index is 12.1. The van der Waals surface area contributed by atoms with Gasteiger partial charge >= 0.3 is 5.63 Å². The normalized spacial score (nSPS) is 13.1. The Morgan fingerprint density at radius 2 is 2.12 bits per heavy atom. The van der Waals surface area contributed by atoms with E-state index in [0.29, 0.717) is 24.3 Å². The molecule has 1 aliphatic carbocycles. The molecule has 0 radical (unpaired) electrons. The van der Waals surface area contributed by atoms with Gasteiger partial charge in [0.15, 0.2) is 6.61 Å². The van der Waals surface area contributed by atoms with Crippen LogP contribution < -0.4 is 15.7 Å². The molecule has 1 aromatic heterocycles. The van der Waals surface area contributed by atoms with Gasteiger partial charge in [-0.3, -0.25) is 4.79 Å². The monoisotopic (exact) mass is 331 g/mol. The minimum absolute atomic E-state index is 0.0360. The number of carbonyl (C=O) groups excluding carboxylic acids is 1. The van der Waals surface area contributed by atoms with Crippen molar-refractivity contribution in [3.05, 3.63) is 39.2 Å². The lowest BCUT2D eigenvalue weighted by atomic mass is 10.0. The number of aliphatic hydroxyl groups is 1. The van der Waals surface area contributed by atoms with Gasteiger partial charge < -0.3 is 19.6 Å². The minimum atomic E-state index is -0.267. The number of aryl methyl sites for hydroxylation is 2. The number of carbonyl (C=O) groups is 1. The first kappa shape index (κ1) is 16.5. The molecule has 0 spiro atoms. The van der Waals surface area contributed by atoms with Gasteiger partial charge in [0.05, 0.1) is 0 Å². The molecule has 0 saturated heterocycles. The molecule has 1 amide bonds.